The highest BCUT2D eigenvalue weighted by Crippen LogP contribution is 2.22. The molecule has 1 amide bonds. The van der Waals surface area contributed by atoms with Gasteiger partial charge in [0, 0.05) is 4.88 Å². The highest BCUT2D eigenvalue weighted by atomic mass is 32.2. The molecule has 1 aromatic carbocycles. The highest BCUT2D eigenvalue weighted by Gasteiger charge is 2.19. The second kappa shape index (κ2) is 8.95. The first-order chi connectivity index (χ1) is 12.6. The van der Waals surface area contributed by atoms with Crippen LogP contribution in [-0.4, -0.2) is 31.9 Å². The van der Waals surface area contributed by atoms with Crippen molar-refractivity contribution in [2.75, 3.05) is 5.75 Å². The number of carbonyl (C=O) groups is 1. The topological polar surface area (TPSA) is 72.7 Å². The number of tetrazole rings is 1. The number of hydrogen-bond acceptors (Lipinski definition) is 6. The van der Waals surface area contributed by atoms with Gasteiger partial charge in [0.2, 0.25) is 11.1 Å². The summed E-state index contributed by atoms with van der Waals surface area (Å²) in [5.41, 5.74) is 1.11. The number of thioether (sulfide) groups is 1. The van der Waals surface area contributed by atoms with Gasteiger partial charge >= 0.3 is 0 Å². The van der Waals surface area contributed by atoms with Gasteiger partial charge in [-0.1, -0.05) is 62.0 Å². The maximum atomic E-state index is 12.4. The van der Waals surface area contributed by atoms with E-state index in [-0.39, 0.29) is 17.7 Å². The zero-order chi connectivity index (χ0) is 18.4. The molecule has 0 saturated heterocycles. The van der Waals surface area contributed by atoms with E-state index >= 15 is 0 Å². The van der Waals surface area contributed by atoms with Gasteiger partial charge in [0.05, 0.1) is 18.3 Å². The summed E-state index contributed by atoms with van der Waals surface area (Å²) in [7, 11) is 0. The number of carbonyl (C=O) groups excluding carboxylic acids is 1. The molecule has 6 nitrogen and oxygen atoms in total. The fourth-order valence-electron chi connectivity index (χ4n) is 2.59. The lowest BCUT2D eigenvalue weighted by atomic mass is 9.96. The number of nitrogens with one attached hydrogen (secondary N) is 1. The van der Waals surface area contributed by atoms with Gasteiger partial charge in [0.25, 0.3) is 0 Å². The van der Waals surface area contributed by atoms with Crippen LogP contribution in [0.2, 0.25) is 0 Å². The molecule has 1 N–H and O–H groups in total. The van der Waals surface area contributed by atoms with Crippen molar-refractivity contribution in [2.45, 2.75) is 31.6 Å². The number of amides is 1. The van der Waals surface area contributed by atoms with Crippen LogP contribution in [0.4, 0.5) is 0 Å². The minimum Gasteiger partial charge on any atom is -0.348 e. The van der Waals surface area contributed by atoms with Crippen LogP contribution >= 0.6 is 23.1 Å². The fraction of sp³-hybridized carbons (Fsp3) is 0.333. The Balaban J connectivity index is 1.58. The van der Waals surface area contributed by atoms with E-state index in [0.717, 1.165) is 5.56 Å². The molecule has 3 rings (SSSR count). The minimum absolute atomic E-state index is 0.00795. The summed E-state index contributed by atoms with van der Waals surface area (Å²) in [6.07, 6.45) is 0. The monoisotopic (exact) mass is 387 g/mol. The molecule has 3 aromatic rings. The third-order valence-electron chi connectivity index (χ3n) is 3.86. The Labute approximate surface area is 161 Å². The lowest BCUT2D eigenvalue weighted by Crippen LogP contribution is -2.33. The largest absolute Gasteiger partial charge is 0.348 e. The highest BCUT2D eigenvalue weighted by molar-refractivity contribution is 7.99. The first-order valence-electron chi connectivity index (χ1n) is 8.39. The van der Waals surface area contributed by atoms with Crippen molar-refractivity contribution < 1.29 is 4.79 Å². The molecule has 0 bridgehead atoms. The van der Waals surface area contributed by atoms with Crippen LogP contribution in [-0.2, 0) is 11.3 Å². The number of aromatic nitrogens is 4. The molecule has 2 aromatic heterocycles. The maximum Gasteiger partial charge on any atom is 0.230 e. The molecule has 1 unspecified atom stereocenters. The average Bonchev–Trinajstić information content (AvgIpc) is 3.31. The van der Waals surface area contributed by atoms with E-state index in [9.17, 15) is 4.79 Å². The second-order valence-electron chi connectivity index (χ2n) is 6.19. The zero-order valence-electron chi connectivity index (χ0n) is 14.7. The van der Waals surface area contributed by atoms with Crippen LogP contribution in [0.3, 0.4) is 0 Å². The maximum absolute atomic E-state index is 12.4. The van der Waals surface area contributed by atoms with E-state index < -0.39 is 0 Å². The van der Waals surface area contributed by atoms with E-state index in [1.807, 2.05) is 47.8 Å². The Morgan fingerprint density at radius 2 is 2.04 bits per heavy atom. The Morgan fingerprint density at radius 3 is 2.73 bits per heavy atom. The first-order valence-corrected chi connectivity index (χ1v) is 10.3. The quantitative estimate of drug-likeness (QED) is 0.600. The fourth-order valence-corrected chi connectivity index (χ4v) is 3.96. The molecule has 2 heterocycles. The molecule has 8 heteroatoms. The van der Waals surface area contributed by atoms with Gasteiger partial charge < -0.3 is 5.32 Å². The van der Waals surface area contributed by atoms with Crippen molar-refractivity contribution >= 4 is 29.0 Å². The number of nitrogens with zero attached hydrogens (tertiary/aromatic N) is 4. The van der Waals surface area contributed by atoms with Gasteiger partial charge in [-0.05, 0) is 33.4 Å². The molecule has 0 aliphatic carbocycles. The van der Waals surface area contributed by atoms with Gasteiger partial charge in [-0.3, -0.25) is 4.79 Å². The summed E-state index contributed by atoms with van der Waals surface area (Å²) in [4.78, 5) is 13.6. The van der Waals surface area contributed by atoms with Crippen LogP contribution in [0.1, 0.15) is 30.3 Å². The Morgan fingerprint density at radius 1 is 1.23 bits per heavy atom. The van der Waals surface area contributed by atoms with Crippen molar-refractivity contribution in [1.82, 2.24) is 25.5 Å². The third-order valence-corrected chi connectivity index (χ3v) is 5.68. The van der Waals surface area contributed by atoms with Crippen molar-refractivity contribution in [2.24, 2.45) is 5.92 Å². The van der Waals surface area contributed by atoms with Crippen molar-refractivity contribution in [3.63, 3.8) is 0 Å². The smallest absolute Gasteiger partial charge is 0.230 e. The number of thiophene rings is 1. The van der Waals surface area contributed by atoms with Crippen LogP contribution in [0, 0.1) is 5.92 Å². The Kier molecular flexibility index (Phi) is 6.40. The molecule has 0 aliphatic rings. The molecular formula is C18H21N5OS2. The summed E-state index contributed by atoms with van der Waals surface area (Å²) in [5, 5.41) is 17.6. The first kappa shape index (κ1) is 18.6. The molecule has 0 fully saturated rings. The lowest BCUT2D eigenvalue weighted by molar-refractivity contribution is -0.119. The normalized spacial score (nSPS) is 12.3. The Hall–Kier alpha value is -2.19. The molecule has 26 heavy (non-hydrogen) atoms. The van der Waals surface area contributed by atoms with Crippen molar-refractivity contribution in [3.8, 4) is 0 Å². The van der Waals surface area contributed by atoms with Gasteiger partial charge in [-0.15, -0.1) is 16.4 Å². The van der Waals surface area contributed by atoms with Gasteiger partial charge in [0.1, 0.15) is 0 Å². The van der Waals surface area contributed by atoms with Crippen LogP contribution in [0.15, 0.2) is 53.0 Å². The van der Waals surface area contributed by atoms with E-state index in [1.165, 1.54) is 16.6 Å². The predicted molar refractivity (Wildman–Crippen MR) is 104 cm³/mol. The van der Waals surface area contributed by atoms with Crippen LogP contribution < -0.4 is 5.32 Å². The van der Waals surface area contributed by atoms with E-state index in [4.69, 9.17) is 0 Å². The van der Waals surface area contributed by atoms with Crippen LogP contribution in [0.25, 0.3) is 0 Å². The molecular weight excluding hydrogens is 366 g/mol. The molecule has 136 valence electrons. The summed E-state index contributed by atoms with van der Waals surface area (Å²) in [5.74, 6) is 0.555. The van der Waals surface area contributed by atoms with Crippen molar-refractivity contribution in [3.05, 3.63) is 58.3 Å². The molecule has 0 spiro atoms. The number of hydrogen-bond donors (Lipinski definition) is 1. The zero-order valence-corrected chi connectivity index (χ0v) is 16.3. The third kappa shape index (κ3) is 4.92. The molecule has 1 atom stereocenters. The standard InChI is InChI=1S/C18H21N5OS2/c1-13(2)17(14-7-4-3-5-8-14)19-16(24)12-26-18-20-21-22-23(18)11-15-9-6-10-25-15/h3-10,13,17H,11-12H2,1-2H3,(H,19,24). The predicted octanol–water partition coefficient (Wildman–Crippen LogP) is 3.39. The van der Waals surface area contributed by atoms with Gasteiger partial charge in [-0.2, -0.15) is 0 Å². The second-order valence-corrected chi connectivity index (χ2v) is 8.16. The summed E-state index contributed by atoms with van der Waals surface area (Å²) < 4.78 is 1.72. The lowest BCUT2D eigenvalue weighted by Gasteiger charge is -2.22. The van der Waals surface area contributed by atoms with Crippen LogP contribution in [0.5, 0.6) is 0 Å². The summed E-state index contributed by atoms with van der Waals surface area (Å²) in [6.45, 7) is 4.83. The molecule has 0 radical (unpaired) electrons. The molecule has 0 aliphatic heterocycles. The summed E-state index contributed by atoms with van der Waals surface area (Å²) in [6, 6.07) is 14.1. The Bertz CT molecular complexity index is 817. The average molecular weight is 388 g/mol. The van der Waals surface area contributed by atoms with E-state index in [0.29, 0.717) is 17.6 Å². The van der Waals surface area contributed by atoms with Gasteiger partial charge in [-0.25, -0.2) is 4.68 Å². The SMILES string of the molecule is CC(C)C(NC(=O)CSc1nnnn1Cc1cccs1)c1ccccc1. The number of benzene rings is 1. The molecule has 0 saturated carbocycles. The van der Waals surface area contributed by atoms with E-state index in [2.05, 4.69) is 34.7 Å². The minimum atomic E-state index is -0.0248. The summed E-state index contributed by atoms with van der Waals surface area (Å²) >= 11 is 3.01. The van der Waals surface area contributed by atoms with Crippen molar-refractivity contribution in [1.29, 1.82) is 0 Å². The van der Waals surface area contributed by atoms with E-state index in [1.54, 1.807) is 16.0 Å². The van der Waals surface area contributed by atoms with Gasteiger partial charge in [0.15, 0.2) is 0 Å². The number of rotatable bonds is 8.